The van der Waals surface area contributed by atoms with E-state index in [0.717, 1.165) is 23.4 Å². The van der Waals surface area contributed by atoms with E-state index in [-0.39, 0.29) is 24.0 Å². The Kier molecular flexibility index (Phi) is 5.96. The molecule has 5 nitrogen and oxygen atoms in total. The molecular formula is C16H29N3O2. The van der Waals surface area contributed by atoms with E-state index in [9.17, 15) is 9.90 Å². The Morgan fingerprint density at radius 3 is 2.43 bits per heavy atom. The molecule has 21 heavy (non-hydrogen) atoms. The maximum atomic E-state index is 12.1. The minimum atomic E-state index is -0.173. The normalized spacial score (nSPS) is 13.3. The van der Waals surface area contributed by atoms with Gasteiger partial charge in [-0.1, -0.05) is 20.8 Å². The molecule has 0 aliphatic heterocycles. The second kappa shape index (κ2) is 7.07. The van der Waals surface area contributed by atoms with Crippen LogP contribution in [0.25, 0.3) is 0 Å². The van der Waals surface area contributed by atoms with Crippen molar-refractivity contribution in [3.05, 3.63) is 17.0 Å². The second-order valence-corrected chi connectivity index (χ2v) is 6.98. The number of hydrogen-bond acceptors (Lipinski definition) is 3. The molecule has 1 atom stereocenters. The van der Waals surface area contributed by atoms with Crippen LogP contribution < -0.4 is 5.32 Å². The summed E-state index contributed by atoms with van der Waals surface area (Å²) in [6, 6.07) is -0.173. The molecule has 0 aliphatic rings. The number of hydrogen-bond donors (Lipinski definition) is 2. The number of aromatic nitrogens is 2. The maximum Gasteiger partial charge on any atom is 0.220 e. The summed E-state index contributed by atoms with van der Waals surface area (Å²) in [5.41, 5.74) is 3.31. The van der Waals surface area contributed by atoms with Gasteiger partial charge in [-0.25, -0.2) is 0 Å². The van der Waals surface area contributed by atoms with Crippen molar-refractivity contribution in [2.24, 2.45) is 12.5 Å². The van der Waals surface area contributed by atoms with Crippen molar-refractivity contribution in [1.82, 2.24) is 15.1 Å². The minimum absolute atomic E-state index is 0.0130. The van der Waals surface area contributed by atoms with E-state index >= 15 is 0 Å². The Labute approximate surface area is 127 Å². The molecule has 1 aromatic rings. The lowest BCUT2D eigenvalue weighted by Crippen LogP contribution is -2.40. The Balaban J connectivity index is 2.53. The topological polar surface area (TPSA) is 67.2 Å². The predicted octanol–water partition coefficient (Wildman–Crippen LogP) is 1.88. The first kappa shape index (κ1) is 17.7. The van der Waals surface area contributed by atoms with Crippen molar-refractivity contribution in [2.45, 2.75) is 59.9 Å². The summed E-state index contributed by atoms with van der Waals surface area (Å²) in [6.07, 6.45) is 1.87. The molecule has 0 aliphatic carbocycles. The van der Waals surface area contributed by atoms with E-state index in [0.29, 0.717) is 12.8 Å². The van der Waals surface area contributed by atoms with Crippen molar-refractivity contribution < 1.29 is 9.90 Å². The van der Waals surface area contributed by atoms with Crippen LogP contribution in [0.5, 0.6) is 0 Å². The van der Waals surface area contributed by atoms with Gasteiger partial charge in [0.25, 0.3) is 0 Å². The first-order valence-electron chi connectivity index (χ1n) is 7.53. The van der Waals surface area contributed by atoms with Gasteiger partial charge in [0.2, 0.25) is 5.91 Å². The van der Waals surface area contributed by atoms with E-state index in [1.54, 1.807) is 0 Å². The highest BCUT2D eigenvalue weighted by molar-refractivity contribution is 5.76. The lowest BCUT2D eigenvalue weighted by atomic mass is 9.88. The van der Waals surface area contributed by atoms with Gasteiger partial charge < -0.3 is 10.4 Å². The summed E-state index contributed by atoms with van der Waals surface area (Å²) in [5, 5.41) is 16.7. The van der Waals surface area contributed by atoms with Gasteiger partial charge in [-0.3, -0.25) is 9.48 Å². The zero-order chi connectivity index (χ0) is 16.2. The van der Waals surface area contributed by atoms with Crippen LogP contribution in [0.3, 0.4) is 0 Å². The fourth-order valence-corrected chi connectivity index (χ4v) is 2.62. The fourth-order valence-electron chi connectivity index (χ4n) is 2.62. The Hall–Kier alpha value is -1.36. The van der Waals surface area contributed by atoms with E-state index in [1.807, 2.05) is 25.6 Å². The van der Waals surface area contributed by atoms with Crippen molar-refractivity contribution in [3.8, 4) is 0 Å². The minimum Gasteiger partial charge on any atom is -0.394 e. The van der Waals surface area contributed by atoms with Crippen LogP contribution in [0.1, 0.15) is 50.6 Å². The molecule has 0 radical (unpaired) electrons. The van der Waals surface area contributed by atoms with Crippen molar-refractivity contribution in [3.63, 3.8) is 0 Å². The molecular weight excluding hydrogens is 266 g/mol. The lowest BCUT2D eigenvalue weighted by molar-refractivity contribution is -0.122. The number of aliphatic hydroxyl groups excluding tert-OH is 1. The van der Waals surface area contributed by atoms with Gasteiger partial charge in [0.1, 0.15) is 0 Å². The third-order valence-electron chi connectivity index (χ3n) is 3.71. The fraction of sp³-hybridized carbons (Fsp3) is 0.750. The molecule has 0 aromatic carbocycles. The largest absolute Gasteiger partial charge is 0.394 e. The average Bonchev–Trinajstić information content (AvgIpc) is 2.58. The van der Waals surface area contributed by atoms with Crippen LogP contribution in [0.15, 0.2) is 0 Å². The highest BCUT2D eigenvalue weighted by Crippen LogP contribution is 2.20. The molecule has 5 heteroatoms. The molecule has 1 unspecified atom stereocenters. The summed E-state index contributed by atoms with van der Waals surface area (Å²) in [5.74, 6) is -0.0130. The summed E-state index contributed by atoms with van der Waals surface area (Å²) >= 11 is 0. The number of aryl methyl sites for hydroxylation is 2. The van der Waals surface area contributed by atoms with E-state index in [4.69, 9.17) is 0 Å². The summed E-state index contributed by atoms with van der Waals surface area (Å²) in [7, 11) is 1.91. The third kappa shape index (κ3) is 5.50. The van der Waals surface area contributed by atoms with E-state index < -0.39 is 0 Å². The average molecular weight is 295 g/mol. The molecule has 1 aromatic heterocycles. The number of rotatable bonds is 6. The maximum absolute atomic E-state index is 12.1. The first-order chi connectivity index (χ1) is 9.64. The Morgan fingerprint density at radius 1 is 1.38 bits per heavy atom. The quantitative estimate of drug-likeness (QED) is 0.842. The van der Waals surface area contributed by atoms with Crippen LogP contribution in [-0.4, -0.2) is 33.4 Å². The van der Waals surface area contributed by atoms with Crippen molar-refractivity contribution in [1.29, 1.82) is 0 Å². The summed E-state index contributed by atoms with van der Waals surface area (Å²) in [6.45, 7) is 10.3. The number of carbonyl (C=O) groups excluding carboxylic acids is 1. The Bertz CT molecular complexity index is 486. The summed E-state index contributed by atoms with van der Waals surface area (Å²) in [4.78, 5) is 12.1. The molecule has 0 spiro atoms. The number of aliphatic hydroxyl groups is 1. The Morgan fingerprint density at radius 2 is 2.00 bits per heavy atom. The van der Waals surface area contributed by atoms with Gasteiger partial charge in [0.15, 0.2) is 0 Å². The van der Waals surface area contributed by atoms with Crippen LogP contribution in [0.4, 0.5) is 0 Å². The molecule has 0 bridgehead atoms. The third-order valence-corrected chi connectivity index (χ3v) is 3.71. The van der Waals surface area contributed by atoms with Crippen LogP contribution in [-0.2, 0) is 18.3 Å². The molecule has 0 saturated heterocycles. The highest BCUT2D eigenvalue weighted by Gasteiger charge is 2.20. The zero-order valence-corrected chi connectivity index (χ0v) is 14.2. The standard InChI is InChI=1S/C16H29N3O2/c1-11-14(12(2)19(6)18-11)7-8-15(21)17-13(10-20)9-16(3,4)5/h13,20H,7-10H2,1-6H3,(H,17,21). The molecule has 0 fully saturated rings. The van der Waals surface area contributed by atoms with Crippen molar-refractivity contribution in [2.75, 3.05) is 6.61 Å². The molecule has 1 amide bonds. The number of amides is 1. The van der Waals surface area contributed by atoms with Gasteiger partial charge in [-0.05, 0) is 37.7 Å². The first-order valence-corrected chi connectivity index (χ1v) is 7.53. The number of nitrogens with one attached hydrogen (secondary N) is 1. The zero-order valence-electron chi connectivity index (χ0n) is 14.2. The van der Waals surface area contributed by atoms with Crippen LogP contribution >= 0.6 is 0 Å². The second-order valence-electron chi connectivity index (χ2n) is 6.98. The number of carbonyl (C=O) groups is 1. The molecule has 1 heterocycles. The van der Waals surface area contributed by atoms with E-state index in [2.05, 4.69) is 31.2 Å². The molecule has 1 rings (SSSR count). The van der Waals surface area contributed by atoms with Gasteiger partial charge in [0.05, 0.1) is 18.3 Å². The van der Waals surface area contributed by atoms with Crippen molar-refractivity contribution >= 4 is 5.91 Å². The van der Waals surface area contributed by atoms with E-state index in [1.165, 1.54) is 0 Å². The molecule has 2 N–H and O–H groups in total. The van der Waals surface area contributed by atoms with Gasteiger partial charge in [-0.15, -0.1) is 0 Å². The predicted molar refractivity (Wildman–Crippen MR) is 84.1 cm³/mol. The van der Waals surface area contributed by atoms with Crippen LogP contribution in [0, 0.1) is 19.3 Å². The lowest BCUT2D eigenvalue weighted by Gasteiger charge is -2.25. The van der Waals surface area contributed by atoms with Gasteiger partial charge >= 0.3 is 0 Å². The van der Waals surface area contributed by atoms with Gasteiger partial charge in [-0.2, -0.15) is 5.10 Å². The summed E-state index contributed by atoms with van der Waals surface area (Å²) < 4.78 is 1.85. The van der Waals surface area contributed by atoms with Crippen LogP contribution in [0.2, 0.25) is 0 Å². The molecule has 120 valence electrons. The monoisotopic (exact) mass is 295 g/mol. The van der Waals surface area contributed by atoms with Gasteiger partial charge in [0, 0.05) is 19.2 Å². The smallest absolute Gasteiger partial charge is 0.220 e. The molecule has 0 saturated carbocycles. The highest BCUT2D eigenvalue weighted by atomic mass is 16.3. The number of nitrogens with zero attached hydrogens (tertiary/aromatic N) is 2. The SMILES string of the molecule is Cc1nn(C)c(C)c1CCC(=O)NC(CO)CC(C)(C)C.